The van der Waals surface area contributed by atoms with Crippen molar-refractivity contribution in [3.05, 3.63) is 59.3 Å². The number of benzene rings is 2. The van der Waals surface area contributed by atoms with Crippen LogP contribution in [0, 0.1) is 11.3 Å². The maximum Gasteiger partial charge on any atom is 0.416 e. The highest BCUT2D eigenvalue weighted by Crippen LogP contribution is 2.31. The number of carbonyl (C=O) groups excluding carboxylic acids is 1. The Hall–Kier alpha value is -3.67. The second-order valence-electron chi connectivity index (χ2n) is 5.55. The first-order valence-electron chi connectivity index (χ1n) is 7.70. The van der Waals surface area contributed by atoms with E-state index < -0.39 is 17.6 Å². The van der Waals surface area contributed by atoms with Crippen molar-refractivity contribution in [1.29, 1.82) is 5.26 Å². The minimum absolute atomic E-state index is 0.0225. The fourth-order valence-electron chi connectivity index (χ4n) is 2.54. The van der Waals surface area contributed by atoms with E-state index in [-0.39, 0.29) is 16.9 Å². The van der Waals surface area contributed by atoms with E-state index >= 15 is 0 Å². The highest BCUT2D eigenvalue weighted by molar-refractivity contribution is 6.08. The van der Waals surface area contributed by atoms with Gasteiger partial charge in [-0.1, -0.05) is 12.1 Å². The molecule has 1 aromatic heterocycles. The van der Waals surface area contributed by atoms with Crippen molar-refractivity contribution in [3.8, 4) is 6.07 Å². The molecule has 9 heteroatoms. The monoisotopic (exact) mass is 371 g/mol. The van der Waals surface area contributed by atoms with Crippen molar-refractivity contribution in [2.24, 2.45) is 0 Å². The molecule has 27 heavy (non-hydrogen) atoms. The van der Waals surface area contributed by atoms with Crippen LogP contribution in [0.3, 0.4) is 0 Å². The second-order valence-corrected chi connectivity index (χ2v) is 5.55. The van der Waals surface area contributed by atoms with Crippen molar-refractivity contribution in [2.75, 3.05) is 17.7 Å². The zero-order valence-corrected chi connectivity index (χ0v) is 13.9. The molecule has 1 amide bonds. The van der Waals surface area contributed by atoms with E-state index in [1.807, 2.05) is 6.07 Å². The molecule has 0 saturated carbocycles. The fraction of sp³-hybridized carbons (Fsp3) is 0.111. The number of hydrogen-bond donors (Lipinski definition) is 2. The summed E-state index contributed by atoms with van der Waals surface area (Å²) in [6, 6.07) is 10.8. The highest BCUT2D eigenvalue weighted by Gasteiger charge is 2.30. The third kappa shape index (κ3) is 3.64. The summed E-state index contributed by atoms with van der Waals surface area (Å²) in [5.74, 6) is -0.216. The van der Waals surface area contributed by atoms with Crippen LogP contribution in [0.25, 0.3) is 10.8 Å². The predicted octanol–water partition coefficient (Wildman–Crippen LogP) is 3.81. The Morgan fingerprint density at radius 3 is 2.56 bits per heavy atom. The lowest BCUT2D eigenvalue weighted by molar-refractivity contribution is -0.137. The van der Waals surface area contributed by atoms with Gasteiger partial charge in [-0.25, -0.2) is 0 Å². The number of nitriles is 1. The third-order valence-electron chi connectivity index (χ3n) is 3.83. The molecule has 0 fully saturated rings. The number of nitrogens with one attached hydrogen (secondary N) is 2. The van der Waals surface area contributed by atoms with Gasteiger partial charge in [0.1, 0.15) is 6.07 Å². The number of carbonyl (C=O) groups is 1. The van der Waals surface area contributed by atoms with Crippen LogP contribution in [0.5, 0.6) is 0 Å². The maximum atomic E-state index is 12.8. The van der Waals surface area contributed by atoms with E-state index in [9.17, 15) is 18.0 Å². The molecule has 0 aliphatic heterocycles. The lowest BCUT2D eigenvalue weighted by atomic mass is 10.1. The van der Waals surface area contributed by atoms with Gasteiger partial charge in [0, 0.05) is 29.1 Å². The van der Waals surface area contributed by atoms with Crippen LogP contribution < -0.4 is 10.6 Å². The van der Waals surface area contributed by atoms with Crippen LogP contribution in [-0.2, 0) is 6.18 Å². The SMILES string of the molecule is CNc1nnc(C#N)c2ccc(C(=O)Nc3cccc(C(F)(F)F)c3)cc12. The molecule has 0 unspecified atom stereocenters. The Kier molecular flexibility index (Phi) is 4.64. The van der Waals surface area contributed by atoms with Gasteiger partial charge in [0.05, 0.1) is 5.56 Å². The van der Waals surface area contributed by atoms with E-state index in [0.717, 1.165) is 12.1 Å². The van der Waals surface area contributed by atoms with E-state index in [4.69, 9.17) is 5.26 Å². The molecular weight excluding hydrogens is 359 g/mol. The average Bonchev–Trinajstić information content (AvgIpc) is 2.66. The summed E-state index contributed by atoms with van der Waals surface area (Å²) in [7, 11) is 1.62. The summed E-state index contributed by atoms with van der Waals surface area (Å²) in [5.41, 5.74) is -0.526. The second kappa shape index (κ2) is 6.92. The van der Waals surface area contributed by atoms with Crippen LogP contribution in [0.4, 0.5) is 24.7 Å². The van der Waals surface area contributed by atoms with Gasteiger partial charge < -0.3 is 10.6 Å². The lowest BCUT2D eigenvalue weighted by Crippen LogP contribution is -2.13. The summed E-state index contributed by atoms with van der Waals surface area (Å²) in [5, 5.41) is 23.1. The van der Waals surface area contributed by atoms with Crippen LogP contribution in [0.15, 0.2) is 42.5 Å². The first-order valence-corrected chi connectivity index (χ1v) is 7.70. The molecule has 0 atom stereocenters. The summed E-state index contributed by atoms with van der Waals surface area (Å²) in [6.07, 6.45) is -4.50. The summed E-state index contributed by atoms with van der Waals surface area (Å²) in [6.45, 7) is 0. The Morgan fingerprint density at radius 1 is 1.11 bits per heavy atom. The molecule has 2 N–H and O–H groups in total. The first-order chi connectivity index (χ1) is 12.8. The molecule has 0 spiro atoms. The van der Waals surface area contributed by atoms with Gasteiger partial charge >= 0.3 is 6.18 Å². The number of rotatable bonds is 3. The Morgan fingerprint density at radius 2 is 1.89 bits per heavy atom. The quantitative estimate of drug-likeness (QED) is 0.731. The Balaban J connectivity index is 1.96. The van der Waals surface area contributed by atoms with Gasteiger partial charge in [-0.3, -0.25) is 4.79 Å². The van der Waals surface area contributed by atoms with E-state index in [1.165, 1.54) is 24.3 Å². The molecule has 1 heterocycles. The minimum atomic E-state index is -4.50. The summed E-state index contributed by atoms with van der Waals surface area (Å²) < 4.78 is 38.4. The van der Waals surface area contributed by atoms with Gasteiger partial charge in [0.25, 0.3) is 5.91 Å². The van der Waals surface area contributed by atoms with Gasteiger partial charge in [0.15, 0.2) is 11.5 Å². The zero-order valence-electron chi connectivity index (χ0n) is 13.9. The number of fused-ring (bicyclic) bond motifs is 1. The summed E-state index contributed by atoms with van der Waals surface area (Å²) >= 11 is 0. The number of halogens is 3. The molecule has 2 aromatic carbocycles. The molecular formula is C18H12F3N5O. The number of nitrogens with zero attached hydrogens (tertiary/aromatic N) is 3. The Bertz CT molecular complexity index is 1070. The topological polar surface area (TPSA) is 90.7 Å². The van der Waals surface area contributed by atoms with Crippen LogP contribution in [-0.4, -0.2) is 23.2 Å². The largest absolute Gasteiger partial charge is 0.416 e. The maximum absolute atomic E-state index is 12.8. The smallest absolute Gasteiger partial charge is 0.371 e. The van der Waals surface area contributed by atoms with Crippen LogP contribution in [0.1, 0.15) is 21.6 Å². The van der Waals surface area contributed by atoms with Gasteiger partial charge in [0.2, 0.25) is 0 Å². The number of anilines is 2. The molecule has 3 rings (SSSR count). The minimum Gasteiger partial charge on any atom is -0.371 e. The molecule has 0 radical (unpaired) electrons. The van der Waals surface area contributed by atoms with Crippen molar-refractivity contribution in [3.63, 3.8) is 0 Å². The zero-order chi connectivity index (χ0) is 19.6. The highest BCUT2D eigenvalue weighted by atomic mass is 19.4. The standard InChI is InChI=1S/C18H12F3N5O/c1-23-16-14-7-10(5-6-13(14)15(9-22)25-26-16)17(27)24-12-4-2-3-11(8-12)18(19,20)21/h2-8H,1H3,(H,23,26)(H,24,27). The van der Waals surface area contributed by atoms with Crippen molar-refractivity contribution < 1.29 is 18.0 Å². The van der Waals surface area contributed by atoms with E-state index in [0.29, 0.717) is 16.6 Å². The number of amides is 1. The number of hydrogen-bond acceptors (Lipinski definition) is 5. The normalized spacial score (nSPS) is 11.1. The fourth-order valence-corrected chi connectivity index (χ4v) is 2.54. The first kappa shape index (κ1) is 18.1. The molecule has 3 aromatic rings. The van der Waals surface area contributed by atoms with E-state index in [1.54, 1.807) is 13.1 Å². The van der Waals surface area contributed by atoms with Crippen LogP contribution in [0.2, 0.25) is 0 Å². The molecule has 6 nitrogen and oxygen atoms in total. The molecule has 0 aliphatic carbocycles. The van der Waals surface area contributed by atoms with Crippen LogP contribution >= 0.6 is 0 Å². The summed E-state index contributed by atoms with van der Waals surface area (Å²) in [4.78, 5) is 12.5. The number of aromatic nitrogens is 2. The van der Waals surface area contributed by atoms with E-state index in [2.05, 4.69) is 20.8 Å². The molecule has 136 valence electrons. The van der Waals surface area contributed by atoms with Crippen molar-refractivity contribution >= 4 is 28.2 Å². The molecule has 0 aliphatic rings. The third-order valence-corrected chi connectivity index (χ3v) is 3.83. The number of alkyl halides is 3. The lowest BCUT2D eigenvalue weighted by Gasteiger charge is -2.11. The predicted molar refractivity (Wildman–Crippen MR) is 93.2 cm³/mol. The average molecular weight is 371 g/mol. The van der Waals surface area contributed by atoms with Crippen molar-refractivity contribution in [2.45, 2.75) is 6.18 Å². The molecule has 0 bridgehead atoms. The van der Waals surface area contributed by atoms with Gasteiger partial charge in [-0.15, -0.1) is 10.2 Å². The molecule has 0 saturated heterocycles. The Labute approximate surface area is 151 Å². The van der Waals surface area contributed by atoms with Gasteiger partial charge in [-0.2, -0.15) is 18.4 Å². The van der Waals surface area contributed by atoms with Crippen molar-refractivity contribution in [1.82, 2.24) is 10.2 Å². The van der Waals surface area contributed by atoms with Gasteiger partial charge in [-0.05, 0) is 30.3 Å².